The average molecular weight is 335 g/mol. The Balaban J connectivity index is 2.96. The Morgan fingerprint density at radius 2 is 1.64 bits per heavy atom. The molecule has 1 atom stereocenters. The van der Waals surface area contributed by atoms with Gasteiger partial charge in [0.1, 0.15) is 6.04 Å². The lowest BCUT2D eigenvalue weighted by Crippen LogP contribution is -2.44. The maximum atomic E-state index is 12.4. The van der Waals surface area contributed by atoms with Crippen molar-refractivity contribution in [3.05, 3.63) is 29.8 Å². The summed E-state index contributed by atoms with van der Waals surface area (Å²) in [6.45, 7) is 3.22. The summed E-state index contributed by atoms with van der Waals surface area (Å²) in [5, 5.41) is 11.3. The van der Waals surface area contributed by atoms with Crippen LogP contribution in [0.3, 0.4) is 0 Å². The molecule has 0 aliphatic heterocycles. The van der Waals surface area contributed by atoms with Crippen LogP contribution in [0.5, 0.6) is 0 Å². The lowest BCUT2D eigenvalue weighted by atomic mass is 10.0. The van der Waals surface area contributed by atoms with Crippen LogP contribution in [-0.2, 0) is 14.6 Å². The number of amides is 1. The lowest BCUT2D eigenvalue weighted by molar-refractivity contribution is -0.140. The highest BCUT2D eigenvalue weighted by atomic mass is 32.2. The van der Waals surface area contributed by atoms with Gasteiger partial charge in [-0.2, -0.15) is 8.78 Å². The van der Waals surface area contributed by atoms with Gasteiger partial charge < -0.3 is 10.4 Å². The molecule has 0 fully saturated rings. The molecular formula is C13H15F2NO5S. The highest BCUT2D eigenvalue weighted by molar-refractivity contribution is 7.91. The van der Waals surface area contributed by atoms with Crippen LogP contribution in [-0.4, -0.2) is 37.2 Å². The Morgan fingerprint density at radius 1 is 1.14 bits per heavy atom. The van der Waals surface area contributed by atoms with Crippen LogP contribution < -0.4 is 5.32 Å². The number of rotatable bonds is 6. The van der Waals surface area contributed by atoms with Crippen molar-refractivity contribution in [2.24, 2.45) is 5.92 Å². The summed E-state index contributed by atoms with van der Waals surface area (Å²) in [5.74, 6) is -5.85. The highest BCUT2D eigenvalue weighted by Crippen LogP contribution is 2.18. The smallest absolute Gasteiger partial charge is 0.341 e. The van der Waals surface area contributed by atoms with Gasteiger partial charge in [-0.25, -0.2) is 13.2 Å². The zero-order valence-corrected chi connectivity index (χ0v) is 12.6. The minimum Gasteiger partial charge on any atom is -0.480 e. The number of carboxylic acid groups (broad SMARTS) is 1. The fourth-order valence-electron chi connectivity index (χ4n) is 1.64. The molecule has 0 aliphatic rings. The third kappa shape index (κ3) is 4.00. The van der Waals surface area contributed by atoms with E-state index < -0.39 is 38.4 Å². The number of hydrogen-bond donors (Lipinski definition) is 2. The molecule has 0 aromatic heterocycles. The molecule has 0 heterocycles. The molecule has 0 saturated heterocycles. The molecular weight excluding hydrogens is 320 g/mol. The standard InChI is InChI=1S/C13H15F2NO5S/c1-7(2)10(12(18)19)16-11(17)8-3-5-9(6-4-8)22(20,21)13(14)15/h3-7,10,13H,1-2H3,(H,16,17)(H,18,19)/t10-/m1/s1. The number of carbonyl (C=O) groups excluding carboxylic acids is 1. The molecule has 0 saturated carbocycles. The van der Waals surface area contributed by atoms with Gasteiger partial charge in [0.15, 0.2) is 0 Å². The molecule has 1 aromatic carbocycles. The molecule has 0 bridgehead atoms. The summed E-state index contributed by atoms with van der Waals surface area (Å²) in [6, 6.07) is 2.73. The van der Waals surface area contributed by atoms with Crippen molar-refractivity contribution in [1.29, 1.82) is 0 Å². The Kier molecular flexibility index (Phi) is 5.59. The summed E-state index contributed by atoms with van der Waals surface area (Å²) >= 11 is 0. The van der Waals surface area contributed by atoms with Gasteiger partial charge in [-0.3, -0.25) is 4.79 Å². The van der Waals surface area contributed by atoms with E-state index in [1.165, 1.54) is 0 Å². The molecule has 0 radical (unpaired) electrons. The predicted octanol–water partition coefficient (Wildman–Crippen LogP) is 1.52. The van der Waals surface area contributed by atoms with Gasteiger partial charge in [-0.1, -0.05) is 13.8 Å². The number of sulfone groups is 1. The average Bonchev–Trinajstić information content (AvgIpc) is 2.43. The van der Waals surface area contributed by atoms with Crippen LogP contribution in [0.1, 0.15) is 24.2 Å². The summed E-state index contributed by atoms with van der Waals surface area (Å²) in [4.78, 5) is 22.3. The first kappa shape index (κ1) is 18.0. The van der Waals surface area contributed by atoms with Gasteiger partial charge in [-0.05, 0) is 30.2 Å². The fourth-order valence-corrected chi connectivity index (χ4v) is 2.36. The SMILES string of the molecule is CC(C)[C@@H](NC(=O)c1ccc(S(=O)(=O)C(F)F)cc1)C(=O)O. The first-order valence-corrected chi connectivity index (χ1v) is 7.77. The third-order valence-corrected chi connectivity index (χ3v) is 4.30. The van der Waals surface area contributed by atoms with E-state index in [4.69, 9.17) is 5.11 Å². The quantitative estimate of drug-likeness (QED) is 0.821. The molecule has 6 nitrogen and oxygen atoms in total. The van der Waals surface area contributed by atoms with Crippen molar-refractivity contribution in [1.82, 2.24) is 5.32 Å². The fraction of sp³-hybridized carbons (Fsp3) is 0.385. The van der Waals surface area contributed by atoms with Crippen LogP contribution in [0.2, 0.25) is 0 Å². The van der Waals surface area contributed by atoms with Crippen LogP contribution in [0.4, 0.5) is 8.78 Å². The molecule has 22 heavy (non-hydrogen) atoms. The van der Waals surface area contributed by atoms with Crippen molar-refractivity contribution < 1.29 is 31.9 Å². The highest BCUT2D eigenvalue weighted by Gasteiger charge is 2.27. The Labute approximate surface area is 126 Å². The normalized spacial score (nSPS) is 13.2. The van der Waals surface area contributed by atoms with Gasteiger partial charge >= 0.3 is 11.7 Å². The Bertz CT molecular complexity index is 656. The van der Waals surface area contributed by atoms with E-state index in [-0.39, 0.29) is 11.5 Å². The van der Waals surface area contributed by atoms with Gasteiger partial charge in [0.05, 0.1) is 4.90 Å². The first-order valence-electron chi connectivity index (χ1n) is 6.23. The zero-order chi connectivity index (χ0) is 17.1. The predicted molar refractivity (Wildman–Crippen MR) is 73.4 cm³/mol. The number of alkyl halides is 2. The molecule has 2 N–H and O–H groups in total. The number of halogens is 2. The van der Waals surface area contributed by atoms with Crippen LogP contribution in [0.25, 0.3) is 0 Å². The van der Waals surface area contributed by atoms with Crippen molar-refractivity contribution in [3.8, 4) is 0 Å². The van der Waals surface area contributed by atoms with E-state index in [1.54, 1.807) is 13.8 Å². The Morgan fingerprint density at radius 3 is 2.00 bits per heavy atom. The lowest BCUT2D eigenvalue weighted by Gasteiger charge is -2.17. The van der Waals surface area contributed by atoms with Crippen LogP contribution in [0.15, 0.2) is 29.2 Å². The largest absolute Gasteiger partial charge is 0.480 e. The van der Waals surface area contributed by atoms with Crippen LogP contribution >= 0.6 is 0 Å². The Hall–Kier alpha value is -2.03. The van der Waals surface area contributed by atoms with E-state index >= 15 is 0 Å². The van der Waals surface area contributed by atoms with Gasteiger partial charge in [-0.15, -0.1) is 0 Å². The summed E-state index contributed by atoms with van der Waals surface area (Å²) in [5.41, 5.74) is -0.0277. The van der Waals surface area contributed by atoms with Gasteiger partial charge in [0.2, 0.25) is 9.84 Å². The summed E-state index contributed by atoms with van der Waals surface area (Å²) < 4.78 is 47.2. The molecule has 1 amide bonds. The maximum Gasteiger partial charge on any atom is 0.341 e. The summed E-state index contributed by atoms with van der Waals surface area (Å²) in [6.07, 6.45) is 0. The van der Waals surface area contributed by atoms with Gasteiger partial charge in [0.25, 0.3) is 5.91 Å². The zero-order valence-electron chi connectivity index (χ0n) is 11.8. The van der Waals surface area contributed by atoms with E-state index in [0.29, 0.717) is 0 Å². The van der Waals surface area contributed by atoms with E-state index in [1.807, 2.05) is 0 Å². The molecule has 122 valence electrons. The molecule has 0 aliphatic carbocycles. The van der Waals surface area contributed by atoms with Crippen molar-refractivity contribution in [3.63, 3.8) is 0 Å². The molecule has 0 unspecified atom stereocenters. The number of benzene rings is 1. The summed E-state index contributed by atoms with van der Waals surface area (Å²) in [7, 11) is -4.73. The topological polar surface area (TPSA) is 101 Å². The second-order valence-corrected chi connectivity index (χ2v) is 6.78. The van der Waals surface area contributed by atoms with E-state index in [9.17, 15) is 26.8 Å². The minimum absolute atomic E-state index is 0.0277. The number of carboxylic acids is 1. The molecule has 9 heteroatoms. The van der Waals surface area contributed by atoms with E-state index in [2.05, 4.69) is 5.32 Å². The number of carbonyl (C=O) groups is 2. The van der Waals surface area contributed by atoms with E-state index in [0.717, 1.165) is 24.3 Å². The van der Waals surface area contributed by atoms with Crippen molar-refractivity contribution in [2.75, 3.05) is 0 Å². The first-order chi connectivity index (χ1) is 10.1. The number of nitrogens with one attached hydrogen (secondary N) is 1. The van der Waals surface area contributed by atoms with Crippen molar-refractivity contribution >= 4 is 21.7 Å². The molecule has 0 spiro atoms. The number of hydrogen-bond acceptors (Lipinski definition) is 4. The third-order valence-electron chi connectivity index (χ3n) is 2.90. The van der Waals surface area contributed by atoms with Gasteiger partial charge in [0, 0.05) is 5.56 Å². The monoisotopic (exact) mass is 335 g/mol. The second kappa shape index (κ2) is 6.82. The van der Waals surface area contributed by atoms with Crippen LogP contribution in [0, 0.1) is 5.92 Å². The van der Waals surface area contributed by atoms with Crippen molar-refractivity contribution in [2.45, 2.75) is 30.5 Å². The molecule has 1 aromatic rings. The number of aliphatic carboxylic acids is 1. The maximum absolute atomic E-state index is 12.4. The molecule has 1 rings (SSSR count). The second-order valence-electron chi connectivity index (χ2n) is 4.86. The minimum atomic E-state index is -4.73.